The highest BCUT2D eigenvalue weighted by Crippen LogP contribution is 2.31. The van der Waals surface area contributed by atoms with Crippen LogP contribution < -0.4 is 4.74 Å². The molecule has 0 bridgehead atoms. The van der Waals surface area contributed by atoms with Crippen LogP contribution in [0.5, 0.6) is 5.75 Å². The Bertz CT molecular complexity index is 564. The molecule has 0 aliphatic heterocycles. The molecule has 0 radical (unpaired) electrons. The highest BCUT2D eigenvalue weighted by atomic mass is 16.5. The Hall–Kier alpha value is -1.88. The molecule has 2 aromatic heterocycles. The van der Waals surface area contributed by atoms with Crippen LogP contribution in [-0.4, -0.2) is 27.0 Å². The summed E-state index contributed by atoms with van der Waals surface area (Å²) in [6.07, 6.45) is 4.25. The van der Waals surface area contributed by atoms with E-state index in [2.05, 4.69) is 10.1 Å². The summed E-state index contributed by atoms with van der Waals surface area (Å²) in [7, 11) is 1.58. The highest BCUT2D eigenvalue weighted by Gasteiger charge is 2.23. The highest BCUT2D eigenvalue weighted by molar-refractivity contribution is 5.35. The molecule has 2 rings (SSSR count). The largest absolute Gasteiger partial charge is 0.493 e. The first-order chi connectivity index (χ1) is 9.04. The van der Waals surface area contributed by atoms with Gasteiger partial charge in [0.25, 0.3) is 0 Å². The number of pyridine rings is 1. The molecule has 0 saturated carbocycles. The summed E-state index contributed by atoms with van der Waals surface area (Å²) < 4.78 is 7.05. The minimum absolute atomic E-state index is 0.145. The molecule has 102 valence electrons. The standard InChI is InChI=1S/C14H19N3O2/c1-9(2)17-13(12(19-4)8-16-17)14(18)11-5-10(3)6-15-7-11/h5-9,14,18H,1-4H3. The van der Waals surface area contributed by atoms with Gasteiger partial charge in [0.2, 0.25) is 0 Å². The summed E-state index contributed by atoms with van der Waals surface area (Å²) in [6, 6.07) is 2.06. The van der Waals surface area contributed by atoms with Gasteiger partial charge in [-0.3, -0.25) is 9.67 Å². The Morgan fingerprint density at radius 3 is 2.58 bits per heavy atom. The van der Waals surface area contributed by atoms with Gasteiger partial charge in [-0.1, -0.05) is 6.07 Å². The SMILES string of the molecule is COc1cnn(C(C)C)c1C(O)c1cncc(C)c1. The van der Waals surface area contributed by atoms with E-state index in [1.807, 2.05) is 26.8 Å². The number of hydrogen-bond acceptors (Lipinski definition) is 4. The Kier molecular flexibility index (Phi) is 3.85. The van der Waals surface area contributed by atoms with Crippen molar-refractivity contribution in [2.24, 2.45) is 0 Å². The maximum atomic E-state index is 10.6. The van der Waals surface area contributed by atoms with Crippen LogP contribution in [0.15, 0.2) is 24.7 Å². The molecule has 0 spiro atoms. The number of methoxy groups -OCH3 is 1. The molecular formula is C14H19N3O2. The predicted octanol–water partition coefficient (Wildman–Crippen LogP) is 2.26. The van der Waals surface area contributed by atoms with Crippen LogP contribution in [0.25, 0.3) is 0 Å². The van der Waals surface area contributed by atoms with E-state index in [1.165, 1.54) is 0 Å². The topological polar surface area (TPSA) is 60.2 Å². The average Bonchev–Trinajstić information content (AvgIpc) is 2.81. The lowest BCUT2D eigenvalue weighted by atomic mass is 10.1. The monoisotopic (exact) mass is 261 g/mol. The van der Waals surface area contributed by atoms with Crippen LogP contribution in [0, 0.1) is 6.92 Å². The number of nitrogens with zero attached hydrogens (tertiary/aromatic N) is 3. The van der Waals surface area contributed by atoms with Gasteiger partial charge in [0.1, 0.15) is 11.8 Å². The van der Waals surface area contributed by atoms with Gasteiger partial charge in [0.05, 0.1) is 13.3 Å². The molecule has 0 aliphatic rings. The Labute approximate surface area is 112 Å². The molecule has 2 heterocycles. The predicted molar refractivity (Wildman–Crippen MR) is 72.2 cm³/mol. The van der Waals surface area contributed by atoms with Gasteiger partial charge in [-0.25, -0.2) is 0 Å². The van der Waals surface area contributed by atoms with Crippen LogP contribution in [0.4, 0.5) is 0 Å². The van der Waals surface area contributed by atoms with Gasteiger partial charge in [0.15, 0.2) is 5.75 Å². The lowest BCUT2D eigenvalue weighted by Crippen LogP contribution is -2.13. The van der Waals surface area contributed by atoms with Crippen molar-refractivity contribution in [2.75, 3.05) is 7.11 Å². The van der Waals surface area contributed by atoms with E-state index in [9.17, 15) is 5.11 Å². The van der Waals surface area contributed by atoms with Crippen molar-refractivity contribution in [3.05, 3.63) is 41.5 Å². The maximum Gasteiger partial charge on any atom is 0.163 e. The van der Waals surface area contributed by atoms with E-state index in [1.54, 1.807) is 30.4 Å². The number of aliphatic hydroxyl groups is 1. The second-order valence-corrected chi connectivity index (χ2v) is 4.83. The Morgan fingerprint density at radius 2 is 2.00 bits per heavy atom. The maximum absolute atomic E-state index is 10.6. The third-order valence-electron chi connectivity index (χ3n) is 2.98. The van der Waals surface area contributed by atoms with Gasteiger partial charge in [-0.2, -0.15) is 5.10 Å². The van der Waals surface area contributed by atoms with E-state index >= 15 is 0 Å². The van der Waals surface area contributed by atoms with Gasteiger partial charge in [-0.15, -0.1) is 0 Å². The van der Waals surface area contributed by atoms with Crippen LogP contribution >= 0.6 is 0 Å². The summed E-state index contributed by atoms with van der Waals surface area (Å²) >= 11 is 0. The number of aliphatic hydroxyl groups excluding tert-OH is 1. The molecule has 1 atom stereocenters. The first-order valence-corrected chi connectivity index (χ1v) is 6.25. The third-order valence-corrected chi connectivity index (χ3v) is 2.98. The van der Waals surface area contributed by atoms with Gasteiger partial charge in [-0.05, 0) is 26.3 Å². The van der Waals surface area contributed by atoms with E-state index in [0.717, 1.165) is 11.1 Å². The number of hydrogen-bond donors (Lipinski definition) is 1. The van der Waals surface area contributed by atoms with Crippen LogP contribution in [-0.2, 0) is 0 Å². The zero-order chi connectivity index (χ0) is 14.0. The second-order valence-electron chi connectivity index (χ2n) is 4.83. The molecule has 2 aromatic rings. The van der Waals surface area contributed by atoms with Crippen molar-refractivity contribution in [3.63, 3.8) is 0 Å². The van der Waals surface area contributed by atoms with Gasteiger partial charge in [0, 0.05) is 24.0 Å². The second kappa shape index (κ2) is 5.40. The summed E-state index contributed by atoms with van der Waals surface area (Å²) in [5.74, 6) is 0.586. The molecule has 0 amide bonds. The van der Waals surface area contributed by atoms with Crippen molar-refractivity contribution < 1.29 is 9.84 Å². The molecular weight excluding hydrogens is 242 g/mol. The number of ether oxygens (including phenoxy) is 1. The molecule has 0 aliphatic carbocycles. The van der Waals surface area contributed by atoms with E-state index < -0.39 is 6.10 Å². The van der Waals surface area contributed by atoms with Crippen molar-refractivity contribution in [2.45, 2.75) is 32.9 Å². The van der Waals surface area contributed by atoms with Gasteiger partial charge >= 0.3 is 0 Å². The average molecular weight is 261 g/mol. The molecule has 0 aromatic carbocycles. The number of aromatic nitrogens is 3. The summed E-state index contributed by atoms with van der Waals surface area (Å²) in [6.45, 7) is 5.97. The molecule has 1 N–H and O–H groups in total. The lowest BCUT2D eigenvalue weighted by molar-refractivity contribution is 0.199. The van der Waals surface area contributed by atoms with Crippen LogP contribution in [0.2, 0.25) is 0 Å². The fraction of sp³-hybridized carbons (Fsp3) is 0.429. The van der Waals surface area contributed by atoms with Crippen molar-refractivity contribution in [1.29, 1.82) is 0 Å². The summed E-state index contributed by atoms with van der Waals surface area (Å²) in [4.78, 5) is 4.11. The molecule has 0 fully saturated rings. The van der Waals surface area contributed by atoms with Crippen LogP contribution in [0.1, 0.15) is 42.8 Å². The first kappa shape index (κ1) is 13.5. The summed E-state index contributed by atoms with van der Waals surface area (Å²) in [5.41, 5.74) is 2.40. The van der Waals surface area contributed by atoms with Crippen molar-refractivity contribution in [3.8, 4) is 5.75 Å². The molecule has 5 nitrogen and oxygen atoms in total. The van der Waals surface area contributed by atoms with Crippen molar-refractivity contribution >= 4 is 0 Å². The van der Waals surface area contributed by atoms with Crippen LogP contribution in [0.3, 0.4) is 0 Å². The zero-order valence-corrected chi connectivity index (χ0v) is 11.7. The van der Waals surface area contributed by atoms with E-state index in [-0.39, 0.29) is 6.04 Å². The van der Waals surface area contributed by atoms with Crippen molar-refractivity contribution in [1.82, 2.24) is 14.8 Å². The third kappa shape index (κ3) is 2.61. The number of rotatable bonds is 4. The fourth-order valence-electron chi connectivity index (χ4n) is 2.07. The van der Waals surface area contributed by atoms with Gasteiger partial charge < -0.3 is 9.84 Å². The molecule has 0 saturated heterocycles. The summed E-state index contributed by atoms with van der Waals surface area (Å²) in [5, 5.41) is 14.8. The van der Waals surface area contributed by atoms with E-state index in [4.69, 9.17) is 4.74 Å². The molecule has 19 heavy (non-hydrogen) atoms. The number of aryl methyl sites for hydroxylation is 1. The smallest absolute Gasteiger partial charge is 0.163 e. The lowest BCUT2D eigenvalue weighted by Gasteiger charge is -2.17. The molecule has 5 heteroatoms. The minimum Gasteiger partial charge on any atom is -0.493 e. The minimum atomic E-state index is -0.799. The van der Waals surface area contributed by atoms with E-state index in [0.29, 0.717) is 11.4 Å². The fourth-order valence-corrected chi connectivity index (χ4v) is 2.07. The zero-order valence-electron chi connectivity index (χ0n) is 11.7. The normalized spacial score (nSPS) is 12.7. The molecule has 1 unspecified atom stereocenters. The Morgan fingerprint density at radius 1 is 1.26 bits per heavy atom. The Balaban J connectivity index is 2.48. The first-order valence-electron chi connectivity index (χ1n) is 6.25. The quantitative estimate of drug-likeness (QED) is 0.917.